The maximum absolute atomic E-state index is 9.73. The summed E-state index contributed by atoms with van der Waals surface area (Å²) in [7, 11) is 3.94. The van der Waals surface area contributed by atoms with Gasteiger partial charge in [-0.25, -0.2) is 0 Å². The van der Waals surface area contributed by atoms with Crippen molar-refractivity contribution in [3.05, 3.63) is 0 Å². The largest absolute Gasteiger partial charge is 0.390 e. The van der Waals surface area contributed by atoms with Gasteiger partial charge in [0.15, 0.2) is 0 Å². The first-order valence-electron chi connectivity index (χ1n) is 5.67. The van der Waals surface area contributed by atoms with Crippen molar-refractivity contribution in [2.75, 3.05) is 40.4 Å². The van der Waals surface area contributed by atoms with Gasteiger partial charge in [-0.2, -0.15) is 0 Å². The molecule has 4 nitrogen and oxygen atoms in total. The molecule has 0 radical (unpaired) electrons. The van der Waals surface area contributed by atoms with Crippen LogP contribution in [0.2, 0.25) is 0 Å². The fourth-order valence-corrected chi connectivity index (χ4v) is 1.85. The highest BCUT2D eigenvalue weighted by atomic mass is 16.5. The Morgan fingerprint density at radius 3 is 2.53 bits per heavy atom. The van der Waals surface area contributed by atoms with E-state index in [0.29, 0.717) is 13.1 Å². The standard InChI is InChI=1S/C11H24N2O2/c1-11(4-6-15-7-5-11)12-8-10(14)9-13(2)3/h10,12,14H,4-9H2,1-3H3. The Kier molecular flexibility index (Phi) is 4.99. The molecule has 1 aliphatic heterocycles. The van der Waals surface area contributed by atoms with Crippen molar-refractivity contribution in [1.29, 1.82) is 0 Å². The van der Waals surface area contributed by atoms with Crippen LogP contribution in [0.15, 0.2) is 0 Å². The lowest BCUT2D eigenvalue weighted by atomic mass is 9.92. The monoisotopic (exact) mass is 216 g/mol. The maximum atomic E-state index is 9.73. The average molecular weight is 216 g/mol. The highest BCUT2D eigenvalue weighted by Gasteiger charge is 2.27. The number of ether oxygens (including phenoxy) is 1. The summed E-state index contributed by atoms with van der Waals surface area (Å²) < 4.78 is 5.33. The minimum atomic E-state index is -0.292. The lowest BCUT2D eigenvalue weighted by Gasteiger charge is -2.35. The maximum Gasteiger partial charge on any atom is 0.0791 e. The predicted octanol–water partition coefficient (Wildman–Crippen LogP) is 0.0676. The molecule has 2 N–H and O–H groups in total. The number of aliphatic hydroxyl groups is 1. The van der Waals surface area contributed by atoms with Crippen molar-refractivity contribution in [3.8, 4) is 0 Å². The third-order valence-electron chi connectivity index (χ3n) is 2.94. The smallest absolute Gasteiger partial charge is 0.0791 e. The first-order valence-corrected chi connectivity index (χ1v) is 5.67. The Balaban J connectivity index is 2.22. The second kappa shape index (κ2) is 5.80. The Morgan fingerprint density at radius 2 is 2.00 bits per heavy atom. The van der Waals surface area contributed by atoms with Crippen LogP contribution in [-0.2, 0) is 4.74 Å². The molecule has 0 spiro atoms. The van der Waals surface area contributed by atoms with E-state index < -0.39 is 0 Å². The molecule has 0 amide bonds. The number of likely N-dealkylation sites (N-methyl/N-ethyl adjacent to an activating group) is 1. The van der Waals surface area contributed by atoms with E-state index in [2.05, 4.69) is 12.2 Å². The Hall–Kier alpha value is -0.160. The van der Waals surface area contributed by atoms with Gasteiger partial charge < -0.3 is 20.1 Å². The van der Waals surface area contributed by atoms with E-state index in [1.807, 2.05) is 19.0 Å². The molecule has 1 saturated heterocycles. The molecule has 1 heterocycles. The van der Waals surface area contributed by atoms with Crippen molar-refractivity contribution in [3.63, 3.8) is 0 Å². The normalized spacial score (nSPS) is 23.0. The van der Waals surface area contributed by atoms with Gasteiger partial charge in [-0.1, -0.05) is 0 Å². The molecule has 4 heteroatoms. The Labute approximate surface area is 92.6 Å². The van der Waals surface area contributed by atoms with Crippen LogP contribution in [0.1, 0.15) is 19.8 Å². The van der Waals surface area contributed by atoms with Gasteiger partial charge in [0.25, 0.3) is 0 Å². The number of hydrogen-bond donors (Lipinski definition) is 2. The van der Waals surface area contributed by atoms with Gasteiger partial charge in [-0.3, -0.25) is 0 Å². The van der Waals surface area contributed by atoms with Crippen LogP contribution in [0.3, 0.4) is 0 Å². The summed E-state index contributed by atoms with van der Waals surface area (Å²) in [4.78, 5) is 2.00. The Bertz CT molecular complexity index is 179. The van der Waals surface area contributed by atoms with Gasteiger partial charge in [0.05, 0.1) is 6.10 Å². The SMILES string of the molecule is CN(C)CC(O)CNC1(C)CCOCC1. The van der Waals surface area contributed by atoms with Crippen molar-refractivity contribution in [2.45, 2.75) is 31.4 Å². The van der Waals surface area contributed by atoms with Crippen molar-refractivity contribution in [2.24, 2.45) is 0 Å². The van der Waals surface area contributed by atoms with E-state index in [-0.39, 0.29) is 11.6 Å². The fraction of sp³-hybridized carbons (Fsp3) is 1.00. The van der Waals surface area contributed by atoms with Crippen LogP contribution >= 0.6 is 0 Å². The molecule has 0 aromatic heterocycles. The van der Waals surface area contributed by atoms with E-state index in [0.717, 1.165) is 26.1 Å². The quantitative estimate of drug-likeness (QED) is 0.682. The third kappa shape index (κ3) is 4.93. The van der Waals surface area contributed by atoms with Crippen molar-refractivity contribution < 1.29 is 9.84 Å². The van der Waals surface area contributed by atoms with E-state index >= 15 is 0 Å². The van der Waals surface area contributed by atoms with Crippen molar-refractivity contribution in [1.82, 2.24) is 10.2 Å². The lowest BCUT2D eigenvalue weighted by molar-refractivity contribution is 0.0369. The van der Waals surface area contributed by atoms with Crippen LogP contribution in [0, 0.1) is 0 Å². The summed E-state index contributed by atoms with van der Waals surface area (Å²) in [5.74, 6) is 0. The first-order chi connectivity index (χ1) is 7.02. The van der Waals surface area contributed by atoms with E-state index in [9.17, 15) is 5.11 Å². The van der Waals surface area contributed by atoms with Crippen LogP contribution in [0.4, 0.5) is 0 Å². The molecule has 1 aliphatic rings. The van der Waals surface area contributed by atoms with Gasteiger partial charge in [0.1, 0.15) is 0 Å². The molecule has 1 fully saturated rings. The van der Waals surface area contributed by atoms with E-state index in [4.69, 9.17) is 4.74 Å². The van der Waals surface area contributed by atoms with Gasteiger partial charge in [0, 0.05) is 31.8 Å². The molecule has 0 bridgehead atoms. The minimum absolute atomic E-state index is 0.144. The van der Waals surface area contributed by atoms with E-state index in [1.165, 1.54) is 0 Å². The second-order valence-corrected chi connectivity index (χ2v) is 4.97. The summed E-state index contributed by atoms with van der Waals surface area (Å²) in [5.41, 5.74) is 0.144. The molecular weight excluding hydrogens is 192 g/mol. The van der Waals surface area contributed by atoms with Crippen LogP contribution in [0.5, 0.6) is 0 Å². The highest BCUT2D eigenvalue weighted by molar-refractivity contribution is 4.86. The molecule has 1 unspecified atom stereocenters. The zero-order chi connectivity index (χ0) is 11.3. The highest BCUT2D eigenvalue weighted by Crippen LogP contribution is 2.19. The average Bonchev–Trinajstić information content (AvgIpc) is 2.15. The van der Waals surface area contributed by atoms with Crippen LogP contribution in [-0.4, -0.2) is 62.0 Å². The van der Waals surface area contributed by atoms with Gasteiger partial charge in [-0.05, 0) is 33.9 Å². The summed E-state index contributed by atoms with van der Waals surface area (Å²) in [5, 5.41) is 13.2. The topological polar surface area (TPSA) is 44.7 Å². The zero-order valence-electron chi connectivity index (χ0n) is 10.1. The molecule has 0 saturated carbocycles. The van der Waals surface area contributed by atoms with Gasteiger partial charge in [-0.15, -0.1) is 0 Å². The number of nitrogens with one attached hydrogen (secondary N) is 1. The van der Waals surface area contributed by atoms with Crippen LogP contribution in [0.25, 0.3) is 0 Å². The molecule has 1 atom stereocenters. The molecule has 0 aliphatic carbocycles. The first kappa shape index (κ1) is 12.9. The van der Waals surface area contributed by atoms with Gasteiger partial charge in [0.2, 0.25) is 0 Å². The molecule has 0 aromatic carbocycles. The lowest BCUT2D eigenvalue weighted by Crippen LogP contribution is -2.50. The molecular formula is C11H24N2O2. The summed E-state index contributed by atoms with van der Waals surface area (Å²) in [6.07, 6.45) is 1.77. The third-order valence-corrected chi connectivity index (χ3v) is 2.94. The molecule has 90 valence electrons. The number of hydrogen-bond acceptors (Lipinski definition) is 4. The number of aliphatic hydroxyl groups excluding tert-OH is 1. The molecule has 15 heavy (non-hydrogen) atoms. The Morgan fingerprint density at radius 1 is 1.40 bits per heavy atom. The number of β-amino-alcohol motifs (C(OH)–C–C–N with tert-alkyl or cyclic N) is 1. The van der Waals surface area contributed by atoms with E-state index in [1.54, 1.807) is 0 Å². The number of nitrogens with zero attached hydrogens (tertiary/aromatic N) is 1. The predicted molar refractivity (Wildman–Crippen MR) is 61.0 cm³/mol. The zero-order valence-corrected chi connectivity index (χ0v) is 10.1. The van der Waals surface area contributed by atoms with Gasteiger partial charge >= 0.3 is 0 Å². The fourth-order valence-electron chi connectivity index (χ4n) is 1.85. The summed E-state index contributed by atoms with van der Waals surface area (Å²) in [6.45, 7) is 5.23. The second-order valence-electron chi connectivity index (χ2n) is 4.97. The summed E-state index contributed by atoms with van der Waals surface area (Å²) in [6, 6.07) is 0. The van der Waals surface area contributed by atoms with Crippen LogP contribution < -0.4 is 5.32 Å². The molecule has 0 aromatic rings. The summed E-state index contributed by atoms with van der Waals surface area (Å²) >= 11 is 0. The number of rotatable bonds is 5. The van der Waals surface area contributed by atoms with Crippen molar-refractivity contribution >= 4 is 0 Å². The minimum Gasteiger partial charge on any atom is -0.390 e. The molecule has 1 rings (SSSR count).